The highest BCUT2D eigenvalue weighted by atomic mass is 16.5. The minimum atomic E-state index is -0.829. The molecule has 6 heteroatoms. The van der Waals surface area contributed by atoms with Crippen LogP contribution in [0.5, 0.6) is 0 Å². The summed E-state index contributed by atoms with van der Waals surface area (Å²) in [5.41, 5.74) is 0. The number of unbranched alkanes of at least 4 members (excludes halogenated alkanes) is 1. The highest BCUT2D eigenvalue weighted by molar-refractivity contribution is 5.72. The van der Waals surface area contributed by atoms with E-state index in [9.17, 15) is 4.79 Å². The Hall–Kier alpha value is -2.57. The molecule has 0 N–H and O–H groups in total. The Balaban J connectivity index is 4.45. The molecule has 116 valence electrons. The summed E-state index contributed by atoms with van der Waals surface area (Å²) in [5, 5.41) is 35.1. The monoisotopic (exact) mass is 300 g/mol. The number of ether oxygens (including phenoxy) is 1. The number of nitrogens with zero attached hydrogens (tertiary/aromatic N) is 4. The van der Waals surface area contributed by atoms with Crippen molar-refractivity contribution in [3.63, 3.8) is 0 Å². The molecule has 0 aliphatic carbocycles. The minimum absolute atomic E-state index is 0.162. The topological polar surface area (TPSA) is 121 Å². The number of esters is 1. The molecule has 0 aliphatic rings. The maximum Gasteiger partial charge on any atom is 0.309 e. The van der Waals surface area contributed by atoms with Crippen molar-refractivity contribution in [2.45, 2.75) is 45.4 Å². The van der Waals surface area contributed by atoms with Gasteiger partial charge in [-0.3, -0.25) is 4.79 Å². The van der Waals surface area contributed by atoms with E-state index in [1.165, 1.54) is 0 Å². The second-order valence-corrected chi connectivity index (χ2v) is 5.01. The van der Waals surface area contributed by atoms with Crippen LogP contribution in [0.25, 0.3) is 0 Å². The number of hydrogen-bond acceptors (Lipinski definition) is 6. The summed E-state index contributed by atoms with van der Waals surface area (Å²) >= 11 is 0. The minimum Gasteiger partial charge on any atom is -0.465 e. The first-order valence-electron chi connectivity index (χ1n) is 7.37. The summed E-state index contributed by atoms with van der Waals surface area (Å²) < 4.78 is 5.10. The molecule has 0 radical (unpaired) electrons. The summed E-state index contributed by atoms with van der Waals surface area (Å²) in [5.74, 6) is -2.32. The van der Waals surface area contributed by atoms with Gasteiger partial charge in [-0.05, 0) is 25.7 Å². The third kappa shape index (κ3) is 7.88. The van der Waals surface area contributed by atoms with Crippen LogP contribution in [0.1, 0.15) is 45.4 Å². The Bertz CT molecular complexity index is 476. The van der Waals surface area contributed by atoms with Crippen LogP contribution >= 0.6 is 0 Å². The number of carbonyl (C=O) groups is 1. The summed E-state index contributed by atoms with van der Waals surface area (Å²) in [6, 6.07) is 7.53. The first-order valence-corrected chi connectivity index (χ1v) is 7.37. The third-order valence-electron chi connectivity index (χ3n) is 3.22. The molecule has 0 saturated carbocycles. The SMILES string of the molecule is CCCOC(=O)C(CCCCC(C#N)C#N)CC(C#N)C#N. The maximum absolute atomic E-state index is 12.0. The van der Waals surface area contributed by atoms with Gasteiger partial charge in [-0.15, -0.1) is 0 Å². The Kier molecular flexibility index (Phi) is 10.8. The van der Waals surface area contributed by atoms with Gasteiger partial charge in [-0.25, -0.2) is 0 Å². The quantitative estimate of drug-likeness (QED) is 0.451. The fourth-order valence-electron chi connectivity index (χ4n) is 1.97. The number of nitriles is 4. The van der Waals surface area contributed by atoms with Crippen molar-refractivity contribution in [3.8, 4) is 24.3 Å². The van der Waals surface area contributed by atoms with Gasteiger partial charge < -0.3 is 4.74 Å². The van der Waals surface area contributed by atoms with E-state index in [-0.39, 0.29) is 12.4 Å². The molecule has 0 aromatic heterocycles. The Morgan fingerprint density at radius 2 is 1.50 bits per heavy atom. The van der Waals surface area contributed by atoms with Crippen LogP contribution in [0.4, 0.5) is 0 Å². The van der Waals surface area contributed by atoms with Gasteiger partial charge in [-0.1, -0.05) is 19.8 Å². The molecule has 0 saturated heterocycles. The summed E-state index contributed by atoms with van der Waals surface area (Å²) in [7, 11) is 0. The molecule has 1 atom stereocenters. The zero-order valence-corrected chi connectivity index (χ0v) is 12.8. The van der Waals surface area contributed by atoms with Crippen LogP contribution < -0.4 is 0 Å². The van der Waals surface area contributed by atoms with Gasteiger partial charge in [0, 0.05) is 0 Å². The zero-order chi connectivity index (χ0) is 16.8. The van der Waals surface area contributed by atoms with Crippen molar-refractivity contribution in [2.24, 2.45) is 17.8 Å². The van der Waals surface area contributed by atoms with E-state index >= 15 is 0 Å². The lowest BCUT2D eigenvalue weighted by Gasteiger charge is -2.16. The molecule has 0 aliphatic heterocycles. The predicted molar refractivity (Wildman–Crippen MR) is 77.3 cm³/mol. The molecular weight excluding hydrogens is 280 g/mol. The van der Waals surface area contributed by atoms with Crippen LogP contribution in [0, 0.1) is 63.1 Å². The predicted octanol–water partition coefficient (Wildman–Crippen LogP) is 2.83. The van der Waals surface area contributed by atoms with Gasteiger partial charge in [0.05, 0.1) is 36.8 Å². The molecular formula is C16H20N4O2. The molecule has 0 spiro atoms. The summed E-state index contributed by atoms with van der Waals surface area (Å²) in [6.07, 6.45) is 3.12. The Morgan fingerprint density at radius 1 is 0.955 bits per heavy atom. The molecule has 22 heavy (non-hydrogen) atoms. The summed E-state index contributed by atoms with van der Waals surface area (Å²) in [4.78, 5) is 12.0. The van der Waals surface area contributed by atoms with E-state index in [1.54, 1.807) is 0 Å². The Labute approximate surface area is 131 Å². The van der Waals surface area contributed by atoms with E-state index in [0.717, 1.165) is 0 Å². The van der Waals surface area contributed by atoms with Gasteiger partial charge in [0.1, 0.15) is 11.8 Å². The van der Waals surface area contributed by atoms with Crippen molar-refractivity contribution in [1.29, 1.82) is 21.0 Å². The van der Waals surface area contributed by atoms with Crippen LogP contribution in [0.2, 0.25) is 0 Å². The van der Waals surface area contributed by atoms with Crippen molar-refractivity contribution in [1.82, 2.24) is 0 Å². The average Bonchev–Trinajstić information content (AvgIpc) is 2.55. The fraction of sp³-hybridized carbons (Fsp3) is 0.688. The summed E-state index contributed by atoms with van der Waals surface area (Å²) in [6.45, 7) is 2.21. The fourth-order valence-corrected chi connectivity index (χ4v) is 1.97. The maximum atomic E-state index is 12.0. The van der Waals surface area contributed by atoms with Crippen LogP contribution in [-0.4, -0.2) is 12.6 Å². The van der Waals surface area contributed by atoms with Crippen LogP contribution in [-0.2, 0) is 9.53 Å². The molecule has 0 aromatic carbocycles. The molecule has 0 heterocycles. The van der Waals surface area contributed by atoms with E-state index < -0.39 is 17.8 Å². The molecule has 0 rings (SSSR count). The highest BCUT2D eigenvalue weighted by Crippen LogP contribution is 2.21. The van der Waals surface area contributed by atoms with Crippen molar-refractivity contribution < 1.29 is 9.53 Å². The van der Waals surface area contributed by atoms with Crippen LogP contribution in [0.15, 0.2) is 0 Å². The second-order valence-electron chi connectivity index (χ2n) is 5.01. The molecule has 0 fully saturated rings. The van der Waals surface area contributed by atoms with E-state index in [1.807, 2.05) is 31.2 Å². The molecule has 0 bridgehead atoms. The van der Waals surface area contributed by atoms with Gasteiger partial charge >= 0.3 is 5.97 Å². The molecule has 0 aromatic rings. The molecule has 0 amide bonds. The van der Waals surface area contributed by atoms with Crippen molar-refractivity contribution in [2.75, 3.05) is 6.61 Å². The number of hydrogen-bond donors (Lipinski definition) is 0. The van der Waals surface area contributed by atoms with Gasteiger partial charge in [-0.2, -0.15) is 21.0 Å². The van der Waals surface area contributed by atoms with E-state index in [2.05, 4.69) is 0 Å². The Morgan fingerprint density at radius 3 is 2.00 bits per heavy atom. The lowest BCUT2D eigenvalue weighted by Crippen LogP contribution is -2.21. The largest absolute Gasteiger partial charge is 0.465 e. The van der Waals surface area contributed by atoms with Crippen molar-refractivity contribution >= 4 is 5.97 Å². The molecule has 1 unspecified atom stereocenters. The standard InChI is InChI=1S/C16H20N4O2/c1-2-7-22-16(21)15(8-14(11-19)12-20)6-4-3-5-13(9-17)10-18/h13-15H,2-8H2,1H3. The van der Waals surface area contributed by atoms with E-state index in [4.69, 9.17) is 25.8 Å². The normalized spacial score (nSPS) is 11.0. The lowest BCUT2D eigenvalue weighted by atomic mass is 9.91. The van der Waals surface area contributed by atoms with E-state index in [0.29, 0.717) is 38.7 Å². The highest BCUT2D eigenvalue weighted by Gasteiger charge is 2.24. The van der Waals surface area contributed by atoms with Crippen molar-refractivity contribution in [3.05, 3.63) is 0 Å². The smallest absolute Gasteiger partial charge is 0.309 e. The van der Waals surface area contributed by atoms with Gasteiger partial charge in [0.25, 0.3) is 0 Å². The zero-order valence-electron chi connectivity index (χ0n) is 12.8. The number of rotatable bonds is 10. The second kappa shape index (κ2) is 12.2. The first-order chi connectivity index (χ1) is 10.6. The molecule has 6 nitrogen and oxygen atoms in total. The average molecular weight is 300 g/mol. The van der Waals surface area contributed by atoms with Gasteiger partial charge in [0.2, 0.25) is 0 Å². The van der Waals surface area contributed by atoms with Crippen LogP contribution in [0.3, 0.4) is 0 Å². The lowest BCUT2D eigenvalue weighted by molar-refractivity contribution is -0.149. The number of carbonyl (C=O) groups excluding carboxylic acids is 1. The van der Waals surface area contributed by atoms with Gasteiger partial charge in [0.15, 0.2) is 0 Å². The third-order valence-corrected chi connectivity index (χ3v) is 3.22. The first kappa shape index (κ1) is 19.4.